The lowest BCUT2D eigenvalue weighted by Gasteiger charge is -2.26. The number of rotatable bonds is 6. The monoisotopic (exact) mass is 656 g/mol. The minimum Gasteiger partial charge on any atom is -0.436 e. The average molecular weight is 657 g/mol. The predicted octanol–water partition coefficient (Wildman–Crippen LogP) is 12.7. The number of oxazole rings is 2. The summed E-state index contributed by atoms with van der Waals surface area (Å²) in [5.74, 6) is 1.14. The summed E-state index contributed by atoms with van der Waals surface area (Å²) >= 11 is 0. The molecule has 0 saturated carbocycles. The molecule has 0 spiro atoms. The summed E-state index contributed by atoms with van der Waals surface area (Å²) in [5, 5.41) is 4.28. The van der Waals surface area contributed by atoms with Crippen LogP contribution in [-0.2, 0) is 0 Å². The highest BCUT2D eigenvalue weighted by atomic mass is 16.4. The van der Waals surface area contributed by atoms with Gasteiger partial charge in [0.05, 0.1) is 1.37 Å². The number of fused-ring (bicyclic) bond motifs is 4. The summed E-state index contributed by atoms with van der Waals surface area (Å²) in [6, 6.07) is 57.7. The van der Waals surface area contributed by atoms with E-state index < -0.39 is 0 Å². The second kappa shape index (κ2) is 11.9. The van der Waals surface area contributed by atoms with E-state index in [1.165, 1.54) is 10.8 Å². The molecule has 10 aromatic rings. The van der Waals surface area contributed by atoms with Gasteiger partial charge in [0.1, 0.15) is 11.0 Å². The van der Waals surface area contributed by atoms with Crippen LogP contribution in [0.25, 0.3) is 77.8 Å². The van der Waals surface area contributed by atoms with Crippen molar-refractivity contribution in [1.82, 2.24) is 9.97 Å². The van der Waals surface area contributed by atoms with Crippen LogP contribution >= 0.6 is 0 Å². The van der Waals surface area contributed by atoms with Gasteiger partial charge in [-0.3, -0.25) is 0 Å². The third-order valence-corrected chi connectivity index (χ3v) is 9.42. The third kappa shape index (κ3) is 5.20. The van der Waals surface area contributed by atoms with E-state index in [1.807, 2.05) is 78.9 Å². The fourth-order valence-electron chi connectivity index (χ4n) is 6.88. The Balaban J connectivity index is 1.07. The summed E-state index contributed by atoms with van der Waals surface area (Å²) in [7, 11) is 0. The number of hydrogen-bond donors (Lipinski definition) is 0. The molecular weight excluding hydrogens is 627 g/mol. The van der Waals surface area contributed by atoms with E-state index in [2.05, 4.69) is 95.9 Å². The summed E-state index contributed by atoms with van der Waals surface area (Å²) in [4.78, 5) is 11.6. The quantitative estimate of drug-likeness (QED) is 0.178. The molecule has 0 N–H and O–H groups in total. The largest absolute Gasteiger partial charge is 0.436 e. The Hall–Kier alpha value is -6.98. The van der Waals surface area contributed by atoms with Crippen LogP contribution < -0.4 is 4.90 Å². The normalized spacial score (nSPS) is 11.8. The lowest BCUT2D eigenvalue weighted by atomic mass is 9.96. The van der Waals surface area contributed by atoms with Crippen LogP contribution in [0.3, 0.4) is 0 Å². The number of para-hydroxylation sites is 4. The van der Waals surface area contributed by atoms with E-state index in [4.69, 9.17) is 18.8 Å². The Morgan fingerprint density at radius 2 is 1.00 bits per heavy atom. The first kappa shape index (κ1) is 27.9. The Morgan fingerprint density at radius 3 is 1.65 bits per heavy atom. The molecule has 2 heterocycles. The van der Waals surface area contributed by atoms with Crippen LogP contribution in [0.1, 0.15) is 1.37 Å². The van der Waals surface area contributed by atoms with Gasteiger partial charge >= 0.3 is 0 Å². The third-order valence-electron chi connectivity index (χ3n) is 9.42. The second-order valence-electron chi connectivity index (χ2n) is 12.6. The van der Waals surface area contributed by atoms with Gasteiger partial charge in [-0.1, -0.05) is 84.9 Å². The van der Waals surface area contributed by atoms with Crippen molar-refractivity contribution in [2.45, 2.75) is 0 Å². The van der Waals surface area contributed by atoms with Gasteiger partial charge in [0.2, 0.25) is 11.8 Å². The van der Waals surface area contributed by atoms with Crippen LogP contribution in [0.4, 0.5) is 17.1 Å². The fraction of sp³-hybridized carbons (Fsp3) is 0. The Labute approximate surface area is 295 Å². The maximum atomic E-state index is 9.28. The van der Waals surface area contributed by atoms with E-state index in [9.17, 15) is 1.37 Å². The van der Waals surface area contributed by atoms with Crippen LogP contribution in [0.2, 0.25) is 0 Å². The topological polar surface area (TPSA) is 55.3 Å². The number of benzene rings is 8. The molecule has 0 aliphatic heterocycles. The molecular formula is C46H29N3O2. The molecule has 0 aliphatic carbocycles. The van der Waals surface area contributed by atoms with Gasteiger partial charge in [-0.15, -0.1) is 0 Å². The van der Waals surface area contributed by atoms with Crippen LogP contribution in [-0.4, -0.2) is 9.97 Å². The molecule has 0 saturated heterocycles. The molecule has 5 heteroatoms. The van der Waals surface area contributed by atoms with Gasteiger partial charge in [-0.25, -0.2) is 9.97 Å². The Bertz CT molecular complexity index is 2740. The first-order chi connectivity index (χ1) is 25.6. The predicted molar refractivity (Wildman–Crippen MR) is 208 cm³/mol. The molecule has 0 bridgehead atoms. The summed E-state index contributed by atoms with van der Waals surface area (Å²) in [6.07, 6.45) is 0. The minimum atomic E-state index is 0.450. The highest BCUT2D eigenvalue weighted by Crippen LogP contribution is 2.39. The molecule has 240 valence electrons. The van der Waals surface area contributed by atoms with Gasteiger partial charge in [0.15, 0.2) is 11.2 Å². The zero-order chi connectivity index (χ0) is 34.6. The molecule has 0 radical (unpaired) electrons. The van der Waals surface area contributed by atoms with Crippen molar-refractivity contribution in [2.75, 3.05) is 4.90 Å². The highest BCUT2D eigenvalue weighted by molar-refractivity contribution is 6.00. The zero-order valence-corrected chi connectivity index (χ0v) is 27.3. The Morgan fingerprint density at radius 1 is 0.431 bits per heavy atom. The van der Waals surface area contributed by atoms with Crippen molar-refractivity contribution in [3.8, 4) is 34.0 Å². The van der Waals surface area contributed by atoms with Crippen molar-refractivity contribution in [2.24, 2.45) is 0 Å². The van der Waals surface area contributed by atoms with Crippen LogP contribution in [0.5, 0.6) is 0 Å². The van der Waals surface area contributed by atoms with E-state index >= 15 is 0 Å². The molecule has 0 unspecified atom stereocenters. The zero-order valence-electron chi connectivity index (χ0n) is 28.3. The van der Waals surface area contributed by atoms with Gasteiger partial charge in [-0.2, -0.15) is 0 Å². The van der Waals surface area contributed by atoms with Gasteiger partial charge in [0, 0.05) is 28.2 Å². The number of hydrogen-bond acceptors (Lipinski definition) is 5. The maximum Gasteiger partial charge on any atom is 0.227 e. The van der Waals surface area contributed by atoms with Crippen molar-refractivity contribution in [1.29, 1.82) is 0 Å². The molecule has 51 heavy (non-hydrogen) atoms. The standard InChI is InChI=1S/C46H29N3O2/c1-2-10-39-30(8-1)9-7-11-40(39)35-17-16-34-29-38(27-22-33(34)28-35)49(36-23-18-31(19-24-36)45-47-41-12-3-5-14-43(41)50-45)37-25-20-32(21-26-37)46-48-42-13-4-6-15-44(42)51-46/h1-29H/i22D. The molecule has 0 atom stereocenters. The van der Waals surface area contributed by atoms with Crippen LogP contribution in [0, 0.1) is 0 Å². The van der Waals surface area contributed by atoms with Crippen LogP contribution in [0.15, 0.2) is 185 Å². The molecule has 8 aromatic carbocycles. The molecule has 0 amide bonds. The first-order valence-electron chi connectivity index (χ1n) is 17.4. The lowest BCUT2D eigenvalue weighted by Crippen LogP contribution is -2.09. The molecule has 10 rings (SSSR count). The minimum absolute atomic E-state index is 0.450. The van der Waals surface area contributed by atoms with Crippen molar-refractivity contribution >= 4 is 60.8 Å². The lowest BCUT2D eigenvalue weighted by molar-refractivity contribution is 0.619. The maximum absolute atomic E-state index is 9.28. The highest BCUT2D eigenvalue weighted by Gasteiger charge is 2.17. The number of aromatic nitrogens is 2. The van der Waals surface area contributed by atoms with E-state index in [-0.39, 0.29) is 0 Å². The van der Waals surface area contributed by atoms with Gasteiger partial charge in [0.25, 0.3) is 0 Å². The van der Waals surface area contributed by atoms with Gasteiger partial charge < -0.3 is 13.7 Å². The van der Waals surface area contributed by atoms with Crippen molar-refractivity contribution in [3.05, 3.63) is 176 Å². The smallest absolute Gasteiger partial charge is 0.227 e. The average Bonchev–Trinajstić information content (AvgIpc) is 3.84. The molecule has 0 aliphatic rings. The fourth-order valence-corrected chi connectivity index (χ4v) is 6.88. The van der Waals surface area contributed by atoms with Crippen molar-refractivity contribution < 1.29 is 10.2 Å². The number of nitrogens with zero attached hydrogens (tertiary/aromatic N) is 3. The summed E-state index contributed by atoms with van der Waals surface area (Å²) < 4.78 is 21.4. The number of anilines is 3. The van der Waals surface area contributed by atoms with E-state index in [0.717, 1.165) is 72.3 Å². The summed E-state index contributed by atoms with van der Waals surface area (Å²) in [5.41, 5.74) is 9.90. The summed E-state index contributed by atoms with van der Waals surface area (Å²) in [6.45, 7) is 0. The van der Waals surface area contributed by atoms with E-state index in [1.54, 1.807) is 0 Å². The molecule has 0 fully saturated rings. The SMILES string of the molecule is [2H]c1cc(N(c2ccc(-c3nc4ccccc4o3)cc2)c2ccc(-c3nc4ccccc4o3)cc2)cc2ccc(-c3cccc4ccccc34)cc12. The van der Waals surface area contributed by atoms with Gasteiger partial charge in [-0.05, 0) is 124 Å². The van der Waals surface area contributed by atoms with Crippen molar-refractivity contribution in [3.63, 3.8) is 0 Å². The molecule has 5 nitrogen and oxygen atoms in total. The molecule has 2 aromatic heterocycles. The second-order valence-corrected chi connectivity index (χ2v) is 12.6. The van der Waals surface area contributed by atoms with E-state index in [0.29, 0.717) is 17.8 Å². The first-order valence-corrected chi connectivity index (χ1v) is 16.9. The Kier molecular flexibility index (Phi) is 6.49.